The third kappa shape index (κ3) is 5.64. The van der Waals surface area contributed by atoms with E-state index in [9.17, 15) is 9.59 Å². The maximum absolute atomic E-state index is 13.0. The Kier molecular flexibility index (Phi) is 6.73. The molecule has 1 saturated carbocycles. The molecule has 0 bridgehead atoms. The summed E-state index contributed by atoms with van der Waals surface area (Å²) < 4.78 is 11.1. The standard InChI is InChI=1S/C27H33N3O4/c1-17-28-16-25(33-17)19-6-7-20-15-29-22(13-21(20)12-19)14-24(31)18-8-10-23(11-9-18)30(5)26(32)34-27(2,3)4/h6-7,12-13,15-16,18,23H,8-11,14H2,1-5H3. The first-order valence-electron chi connectivity index (χ1n) is 11.9. The number of fused-ring (bicyclic) bond motifs is 1. The van der Waals surface area contributed by atoms with E-state index in [1.54, 1.807) is 18.1 Å². The van der Waals surface area contributed by atoms with Crippen molar-refractivity contribution in [2.45, 2.75) is 71.4 Å². The van der Waals surface area contributed by atoms with Crippen LogP contribution in [0.15, 0.2) is 41.1 Å². The number of rotatable bonds is 5. The summed E-state index contributed by atoms with van der Waals surface area (Å²) in [5, 5.41) is 2.04. The number of hydrogen-bond acceptors (Lipinski definition) is 6. The number of carbonyl (C=O) groups excluding carboxylic acids is 2. The molecule has 0 atom stereocenters. The Labute approximate surface area is 200 Å². The van der Waals surface area contributed by atoms with Gasteiger partial charge in [-0.05, 0) is 64.0 Å². The van der Waals surface area contributed by atoms with Crippen LogP contribution in [-0.2, 0) is 16.0 Å². The lowest BCUT2D eigenvalue weighted by molar-refractivity contribution is -0.123. The summed E-state index contributed by atoms with van der Waals surface area (Å²) in [6.07, 6.45) is 6.72. The molecule has 0 unspecified atom stereocenters. The summed E-state index contributed by atoms with van der Waals surface area (Å²) in [6.45, 7) is 7.42. The van der Waals surface area contributed by atoms with Crippen molar-refractivity contribution in [3.8, 4) is 11.3 Å². The van der Waals surface area contributed by atoms with E-state index >= 15 is 0 Å². The first-order valence-corrected chi connectivity index (χ1v) is 11.9. The van der Waals surface area contributed by atoms with E-state index in [0.717, 1.165) is 53.5 Å². The fourth-order valence-electron chi connectivity index (χ4n) is 4.52. The van der Waals surface area contributed by atoms with Gasteiger partial charge in [0.1, 0.15) is 11.4 Å². The van der Waals surface area contributed by atoms with Gasteiger partial charge in [0.05, 0.1) is 6.20 Å². The number of benzene rings is 1. The Balaban J connectivity index is 1.37. The average Bonchev–Trinajstić information content (AvgIpc) is 3.23. The topological polar surface area (TPSA) is 85.5 Å². The minimum atomic E-state index is -0.514. The van der Waals surface area contributed by atoms with E-state index in [-0.39, 0.29) is 23.8 Å². The zero-order valence-corrected chi connectivity index (χ0v) is 20.6. The molecule has 180 valence electrons. The number of amides is 1. The summed E-state index contributed by atoms with van der Waals surface area (Å²) in [4.78, 5) is 35.8. The minimum absolute atomic E-state index is 0.00397. The summed E-state index contributed by atoms with van der Waals surface area (Å²) in [6, 6.07) is 8.13. The molecule has 3 aromatic rings. The second kappa shape index (κ2) is 9.57. The number of carbonyl (C=O) groups is 2. The Morgan fingerprint density at radius 1 is 1.06 bits per heavy atom. The van der Waals surface area contributed by atoms with Gasteiger partial charge < -0.3 is 14.1 Å². The zero-order chi connectivity index (χ0) is 24.5. The van der Waals surface area contributed by atoms with Crippen molar-refractivity contribution in [1.29, 1.82) is 0 Å². The van der Waals surface area contributed by atoms with Crippen LogP contribution in [0.3, 0.4) is 0 Å². The molecule has 1 fully saturated rings. The van der Waals surface area contributed by atoms with Crippen LogP contribution >= 0.6 is 0 Å². The highest BCUT2D eigenvalue weighted by Gasteiger charge is 2.31. The molecule has 4 rings (SSSR count). The number of hydrogen-bond donors (Lipinski definition) is 0. The second-order valence-corrected chi connectivity index (χ2v) is 10.2. The molecule has 2 aromatic heterocycles. The summed E-state index contributed by atoms with van der Waals surface area (Å²) in [5.41, 5.74) is 1.21. The van der Waals surface area contributed by atoms with Gasteiger partial charge in [0.25, 0.3) is 0 Å². The number of nitrogens with zero attached hydrogens (tertiary/aromatic N) is 3. The molecule has 1 aliphatic carbocycles. The van der Waals surface area contributed by atoms with Crippen LogP contribution in [0, 0.1) is 12.8 Å². The van der Waals surface area contributed by atoms with Crippen molar-refractivity contribution in [2.75, 3.05) is 7.05 Å². The number of ether oxygens (including phenoxy) is 1. The van der Waals surface area contributed by atoms with Crippen LogP contribution in [0.5, 0.6) is 0 Å². The summed E-state index contributed by atoms with van der Waals surface area (Å²) in [7, 11) is 1.79. The quantitative estimate of drug-likeness (QED) is 0.480. The highest BCUT2D eigenvalue weighted by molar-refractivity contribution is 5.88. The van der Waals surface area contributed by atoms with Crippen molar-refractivity contribution in [3.05, 3.63) is 48.2 Å². The van der Waals surface area contributed by atoms with E-state index in [1.165, 1.54) is 0 Å². The fraction of sp³-hybridized carbons (Fsp3) is 0.481. The van der Waals surface area contributed by atoms with Gasteiger partial charge in [-0.3, -0.25) is 9.78 Å². The van der Waals surface area contributed by atoms with E-state index in [2.05, 4.69) is 9.97 Å². The maximum atomic E-state index is 13.0. The van der Waals surface area contributed by atoms with Crippen LogP contribution in [-0.4, -0.2) is 45.4 Å². The first-order chi connectivity index (χ1) is 16.1. The number of aryl methyl sites for hydroxylation is 1. The van der Waals surface area contributed by atoms with E-state index in [4.69, 9.17) is 9.15 Å². The molecule has 2 heterocycles. The van der Waals surface area contributed by atoms with Crippen molar-refractivity contribution < 1.29 is 18.7 Å². The molecule has 7 nitrogen and oxygen atoms in total. The first kappa shape index (κ1) is 23.9. The highest BCUT2D eigenvalue weighted by Crippen LogP contribution is 2.30. The fourth-order valence-corrected chi connectivity index (χ4v) is 4.52. The van der Waals surface area contributed by atoms with E-state index in [0.29, 0.717) is 12.3 Å². The smallest absolute Gasteiger partial charge is 0.410 e. The van der Waals surface area contributed by atoms with Gasteiger partial charge in [-0.2, -0.15) is 0 Å². The molecular formula is C27H33N3O4. The maximum Gasteiger partial charge on any atom is 0.410 e. The van der Waals surface area contributed by atoms with Crippen molar-refractivity contribution in [2.24, 2.45) is 5.92 Å². The van der Waals surface area contributed by atoms with Crippen molar-refractivity contribution in [3.63, 3.8) is 0 Å². The summed E-state index contributed by atoms with van der Waals surface area (Å²) in [5.74, 6) is 1.57. The molecule has 0 saturated heterocycles. The highest BCUT2D eigenvalue weighted by atomic mass is 16.6. The third-order valence-electron chi connectivity index (χ3n) is 6.42. The van der Waals surface area contributed by atoms with Crippen LogP contribution in [0.4, 0.5) is 4.79 Å². The predicted molar refractivity (Wildman–Crippen MR) is 130 cm³/mol. The average molecular weight is 464 g/mol. The van der Waals surface area contributed by atoms with Gasteiger partial charge >= 0.3 is 6.09 Å². The lowest BCUT2D eigenvalue weighted by atomic mass is 9.82. The summed E-state index contributed by atoms with van der Waals surface area (Å²) >= 11 is 0. The second-order valence-electron chi connectivity index (χ2n) is 10.2. The minimum Gasteiger partial charge on any atom is -0.444 e. The van der Waals surface area contributed by atoms with E-state index < -0.39 is 5.60 Å². The van der Waals surface area contributed by atoms with Gasteiger partial charge in [-0.15, -0.1) is 0 Å². The van der Waals surface area contributed by atoms with Gasteiger partial charge in [0.15, 0.2) is 11.7 Å². The molecule has 0 spiro atoms. The Hall–Kier alpha value is -3.22. The molecule has 0 N–H and O–H groups in total. The van der Waals surface area contributed by atoms with Gasteiger partial charge in [-0.25, -0.2) is 9.78 Å². The molecule has 1 amide bonds. The number of ketones is 1. The molecule has 1 aliphatic rings. The molecule has 0 aliphatic heterocycles. The Morgan fingerprint density at radius 3 is 2.44 bits per heavy atom. The molecule has 1 aromatic carbocycles. The Morgan fingerprint density at radius 2 is 1.79 bits per heavy atom. The van der Waals surface area contributed by atoms with Crippen LogP contribution in [0.2, 0.25) is 0 Å². The monoisotopic (exact) mass is 463 g/mol. The van der Waals surface area contributed by atoms with Gasteiger partial charge in [-0.1, -0.05) is 12.1 Å². The molecule has 0 radical (unpaired) electrons. The van der Waals surface area contributed by atoms with Crippen molar-refractivity contribution >= 4 is 22.6 Å². The van der Waals surface area contributed by atoms with E-state index in [1.807, 2.05) is 58.2 Å². The van der Waals surface area contributed by atoms with Crippen LogP contribution in [0.25, 0.3) is 22.1 Å². The normalized spacial score (nSPS) is 18.6. The Bertz CT molecular complexity index is 1190. The predicted octanol–water partition coefficient (Wildman–Crippen LogP) is 5.74. The van der Waals surface area contributed by atoms with Gasteiger partial charge in [0, 0.05) is 55.2 Å². The molecule has 34 heavy (non-hydrogen) atoms. The number of oxazole rings is 1. The zero-order valence-electron chi connectivity index (χ0n) is 20.6. The largest absolute Gasteiger partial charge is 0.444 e. The SMILES string of the molecule is Cc1ncc(-c2ccc3cnc(CC(=O)C4CCC(N(C)C(=O)OC(C)(C)C)CC4)cc3c2)o1. The van der Waals surface area contributed by atoms with Gasteiger partial charge in [0.2, 0.25) is 0 Å². The number of Topliss-reactive ketones (excluding diaryl/α,β-unsaturated/α-hetero) is 1. The van der Waals surface area contributed by atoms with Crippen LogP contribution in [0.1, 0.15) is 58.0 Å². The number of aromatic nitrogens is 2. The molecule has 7 heteroatoms. The van der Waals surface area contributed by atoms with Crippen LogP contribution < -0.4 is 0 Å². The third-order valence-corrected chi connectivity index (χ3v) is 6.42. The lowest BCUT2D eigenvalue weighted by Gasteiger charge is -2.35. The molecular weight excluding hydrogens is 430 g/mol. The number of pyridine rings is 1. The van der Waals surface area contributed by atoms with Crippen molar-refractivity contribution in [1.82, 2.24) is 14.9 Å². The lowest BCUT2D eigenvalue weighted by Crippen LogP contribution is -2.43.